The van der Waals surface area contributed by atoms with Crippen LogP contribution in [0.15, 0.2) is 30.5 Å². The summed E-state index contributed by atoms with van der Waals surface area (Å²) >= 11 is 0. The standard InChI is InChI=1S/C17H16N6O/c1-10-15(13-5-3-12(7-18)4-6-13)11(2)23(22-10)9-14-8-20-21-16(14)17(19)24/h3-6,8H,9H2,1-2H3,(H2,19,24)(H,20,21). The van der Waals surface area contributed by atoms with Gasteiger partial charge in [-0.05, 0) is 31.5 Å². The van der Waals surface area contributed by atoms with Crippen molar-refractivity contribution in [2.24, 2.45) is 5.73 Å². The van der Waals surface area contributed by atoms with Gasteiger partial charge in [0.05, 0.1) is 30.1 Å². The lowest BCUT2D eigenvalue weighted by atomic mass is 10.0. The van der Waals surface area contributed by atoms with E-state index in [-0.39, 0.29) is 0 Å². The molecule has 0 unspecified atom stereocenters. The largest absolute Gasteiger partial charge is 0.364 e. The van der Waals surface area contributed by atoms with Crippen LogP contribution < -0.4 is 5.73 Å². The zero-order valence-corrected chi connectivity index (χ0v) is 13.4. The van der Waals surface area contributed by atoms with Gasteiger partial charge in [-0.3, -0.25) is 14.6 Å². The molecule has 0 saturated carbocycles. The Morgan fingerprint density at radius 3 is 2.67 bits per heavy atom. The number of nitriles is 1. The average Bonchev–Trinajstić information content (AvgIpc) is 3.13. The summed E-state index contributed by atoms with van der Waals surface area (Å²) in [4.78, 5) is 11.4. The van der Waals surface area contributed by atoms with Crippen LogP contribution in [0.5, 0.6) is 0 Å². The van der Waals surface area contributed by atoms with Crippen LogP contribution in [-0.4, -0.2) is 25.9 Å². The molecule has 0 fully saturated rings. The van der Waals surface area contributed by atoms with Gasteiger partial charge < -0.3 is 5.73 Å². The van der Waals surface area contributed by atoms with Crippen LogP contribution in [0.25, 0.3) is 11.1 Å². The predicted octanol–water partition coefficient (Wildman–Crippen LogP) is 1.91. The Morgan fingerprint density at radius 2 is 2.04 bits per heavy atom. The number of aryl methyl sites for hydroxylation is 1. The van der Waals surface area contributed by atoms with Gasteiger partial charge in [0, 0.05) is 16.8 Å². The van der Waals surface area contributed by atoms with E-state index in [1.807, 2.05) is 30.7 Å². The number of hydrogen-bond donors (Lipinski definition) is 2. The lowest BCUT2D eigenvalue weighted by Gasteiger charge is -2.06. The minimum atomic E-state index is -0.545. The zero-order valence-electron chi connectivity index (χ0n) is 13.4. The molecule has 0 atom stereocenters. The number of hydrogen-bond acceptors (Lipinski definition) is 4. The molecular formula is C17H16N6O. The third-order valence-electron chi connectivity index (χ3n) is 3.97. The first-order valence-corrected chi connectivity index (χ1v) is 7.38. The summed E-state index contributed by atoms with van der Waals surface area (Å²) in [5.74, 6) is -0.545. The van der Waals surface area contributed by atoms with Crippen molar-refractivity contribution in [1.29, 1.82) is 5.26 Å². The number of benzene rings is 1. The maximum Gasteiger partial charge on any atom is 0.267 e. The van der Waals surface area contributed by atoms with E-state index in [2.05, 4.69) is 21.4 Å². The minimum Gasteiger partial charge on any atom is -0.364 e. The van der Waals surface area contributed by atoms with Crippen LogP contribution in [0.3, 0.4) is 0 Å². The minimum absolute atomic E-state index is 0.294. The van der Waals surface area contributed by atoms with Crippen molar-refractivity contribution in [3.63, 3.8) is 0 Å². The second-order valence-electron chi connectivity index (χ2n) is 5.53. The summed E-state index contributed by atoms with van der Waals surface area (Å²) in [7, 11) is 0. The molecule has 1 aromatic carbocycles. The molecule has 3 rings (SSSR count). The van der Waals surface area contributed by atoms with Crippen LogP contribution in [0, 0.1) is 25.2 Å². The first-order valence-electron chi connectivity index (χ1n) is 7.38. The SMILES string of the molecule is Cc1nn(Cc2cn[nH]c2C(N)=O)c(C)c1-c1ccc(C#N)cc1. The van der Waals surface area contributed by atoms with Gasteiger partial charge in [-0.1, -0.05) is 12.1 Å². The van der Waals surface area contributed by atoms with Crippen LogP contribution in [0.1, 0.15) is 33.0 Å². The Balaban J connectivity index is 1.98. The molecule has 7 heteroatoms. The third kappa shape index (κ3) is 2.65. The van der Waals surface area contributed by atoms with E-state index in [1.54, 1.807) is 18.3 Å². The fraction of sp³-hybridized carbons (Fsp3) is 0.176. The Kier molecular flexibility index (Phi) is 3.88. The van der Waals surface area contributed by atoms with E-state index in [0.29, 0.717) is 23.4 Å². The molecule has 0 bridgehead atoms. The summed E-state index contributed by atoms with van der Waals surface area (Å²) in [6.45, 7) is 4.30. The topological polar surface area (TPSA) is 113 Å². The van der Waals surface area contributed by atoms with Crippen molar-refractivity contribution in [3.05, 3.63) is 58.7 Å². The van der Waals surface area contributed by atoms with Gasteiger partial charge >= 0.3 is 0 Å². The maximum absolute atomic E-state index is 11.4. The van der Waals surface area contributed by atoms with Crippen molar-refractivity contribution < 1.29 is 4.79 Å². The van der Waals surface area contributed by atoms with E-state index in [4.69, 9.17) is 11.0 Å². The van der Waals surface area contributed by atoms with Gasteiger partial charge in [-0.2, -0.15) is 15.5 Å². The van der Waals surface area contributed by atoms with E-state index in [1.165, 1.54) is 0 Å². The average molecular weight is 320 g/mol. The van der Waals surface area contributed by atoms with Gasteiger partial charge in [0.15, 0.2) is 0 Å². The van der Waals surface area contributed by atoms with E-state index in [9.17, 15) is 4.79 Å². The highest BCUT2D eigenvalue weighted by atomic mass is 16.1. The molecule has 0 spiro atoms. The molecule has 2 heterocycles. The number of carbonyl (C=O) groups is 1. The quantitative estimate of drug-likeness (QED) is 0.764. The predicted molar refractivity (Wildman–Crippen MR) is 88.1 cm³/mol. The summed E-state index contributed by atoms with van der Waals surface area (Å²) in [5.41, 5.74) is 10.8. The van der Waals surface area contributed by atoms with E-state index in [0.717, 1.165) is 22.5 Å². The van der Waals surface area contributed by atoms with E-state index < -0.39 is 5.91 Å². The van der Waals surface area contributed by atoms with Crippen molar-refractivity contribution in [1.82, 2.24) is 20.0 Å². The molecule has 0 saturated heterocycles. The number of rotatable bonds is 4. The molecule has 0 aliphatic rings. The van der Waals surface area contributed by atoms with Crippen LogP contribution in [0.4, 0.5) is 0 Å². The van der Waals surface area contributed by atoms with Crippen molar-refractivity contribution in [2.45, 2.75) is 20.4 Å². The molecule has 120 valence electrons. The second-order valence-corrected chi connectivity index (χ2v) is 5.53. The Hall–Kier alpha value is -3.40. The third-order valence-corrected chi connectivity index (χ3v) is 3.97. The molecule has 24 heavy (non-hydrogen) atoms. The monoisotopic (exact) mass is 320 g/mol. The number of primary amides is 1. The number of nitrogens with zero attached hydrogens (tertiary/aromatic N) is 4. The van der Waals surface area contributed by atoms with Gasteiger partial charge in [0.2, 0.25) is 0 Å². The summed E-state index contributed by atoms with van der Waals surface area (Å²) < 4.78 is 1.82. The molecule has 0 aliphatic heterocycles. The lowest BCUT2D eigenvalue weighted by molar-refractivity contribution is 0.0994. The first kappa shape index (κ1) is 15.5. The number of nitrogens with one attached hydrogen (secondary N) is 1. The summed E-state index contributed by atoms with van der Waals surface area (Å²) in [5, 5.41) is 20.0. The van der Waals surface area contributed by atoms with Crippen molar-refractivity contribution in [2.75, 3.05) is 0 Å². The highest BCUT2D eigenvalue weighted by Gasteiger charge is 2.17. The Morgan fingerprint density at radius 1 is 1.33 bits per heavy atom. The number of nitrogens with two attached hydrogens (primary N) is 1. The fourth-order valence-corrected chi connectivity index (χ4v) is 2.79. The molecular weight excluding hydrogens is 304 g/mol. The summed E-state index contributed by atoms with van der Waals surface area (Å²) in [6, 6.07) is 9.50. The fourth-order valence-electron chi connectivity index (χ4n) is 2.79. The lowest BCUT2D eigenvalue weighted by Crippen LogP contribution is -2.15. The Labute approximate surface area is 138 Å². The maximum atomic E-state index is 11.4. The number of aromatic nitrogens is 4. The highest BCUT2D eigenvalue weighted by Crippen LogP contribution is 2.27. The van der Waals surface area contributed by atoms with Crippen molar-refractivity contribution in [3.8, 4) is 17.2 Å². The molecule has 3 aromatic rings. The van der Waals surface area contributed by atoms with Crippen molar-refractivity contribution >= 4 is 5.91 Å². The van der Waals surface area contributed by atoms with Gasteiger partial charge in [0.25, 0.3) is 5.91 Å². The molecule has 0 radical (unpaired) electrons. The van der Waals surface area contributed by atoms with Crippen LogP contribution in [0.2, 0.25) is 0 Å². The number of amides is 1. The zero-order chi connectivity index (χ0) is 17.3. The molecule has 7 nitrogen and oxygen atoms in total. The van der Waals surface area contributed by atoms with Gasteiger partial charge in [0.1, 0.15) is 5.69 Å². The Bertz CT molecular complexity index is 943. The number of H-pyrrole nitrogens is 1. The molecule has 2 aromatic heterocycles. The number of aromatic amines is 1. The smallest absolute Gasteiger partial charge is 0.267 e. The van der Waals surface area contributed by atoms with E-state index >= 15 is 0 Å². The highest BCUT2D eigenvalue weighted by molar-refractivity contribution is 5.92. The van der Waals surface area contributed by atoms with Gasteiger partial charge in [-0.15, -0.1) is 0 Å². The first-order chi connectivity index (χ1) is 11.5. The second kappa shape index (κ2) is 6.01. The molecule has 0 aliphatic carbocycles. The van der Waals surface area contributed by atoms with Crippen LogP contribution in [-0.2, 0) is 6.54 Å². The molecule has 1 amide bonds. The summed E-state index contributed by atoms with van der Waals surface area (Å²) in [6.07, 6.45) is 1.58. The van der Waals surface area contributed by atoms with Gasteiger partial charge in [-0.25, -0.2) is 0 Å². The van der Waals surface area contributed by atoms with Crippen LogP contribution >= 0.6 is 0 Å². The number of carbonyl (C=O) groups excluding carboxylic acids is 1. The molecule has 3 N–H and O–H groups in total. The normalized spacial score (nSPS) is 10.5.